The Labute approximate surface area is 170 Å². The molecule has 152 valence electrons. The molecular weight excluding hydrogens is 370 g/mol. The first-order valence-corrected chi connectivity index (χ1v) is 9.33. The van der Waals surface area contributed by atoms with E-state index >= 15 is 0 Å². The molecule has 1 aliphatic rings. The number of carbonyl (C=O) groups excluding carboxylic acids is 2. The lowest BCUT2D eigenvalue weighted by Gasteiger charge is -2.25. The Kier molecular flexibility index (Phi) is 6.16. The van der Waals surface area contributed by atoms with Crippen molar-refractivity contribution >= 4 is 17.5 Å². The molecule has 0 spiro atoms. The Bertz CT molecular complexity index is 924. The molecular formula is C22H25N3O4. The van der Waals surface area contributed by atoms with E-state index in [0.29, 0.717) is 12.2 Å². The normalized spacial score (nSPS) is 15.7. The Hall–Kier alpha value is -3.35. The molecule has 1 atom stereocenters. The molecule has 7 heteroatoms. The van der Waals surface area contributed by atoms with E-state index in [9.17, 15) is 9.59 Å². The maximum Gasteiger partial charge on any atom is 0.262 e. The predicted octanol–water partition coefficient (Wildman–Crippen LogP) is 2.86. The third-order valence-corrected chi connectivity index (χ3v) is 5.00. The molecule has 0 N–H and O–H groups in total. The molecule has 29 heavy (non-hydrogen) atoms. The molecule has 0 saturated heterocycles. The Morgan fingerprint density at radius 1 is 1.10 bits per heavy atom. The second kappa shape index (κ2) is 8.77. The minimum atomic E-state index is -0.309. The van der Waals surface area contributed by atoms with Gasteiger partial charge in [0, 0.05) is 26.0 Å². The topological polar surface area (TPSA) is 71.4 Å². The van der Waals surface area contributed by atoms with Crippen molar-refractivity contribution in [3.63, 3.8) is 0 Å². The van der Waals surface area contributed by atoms with E-state index in [1.54, 1.807) is 21.3 Å². The summed E-state index contributed by atoms with van der Waals surface area (Å²) in [7, 11) is 4.82. The lowest BCUT2D eigenvalue weighted by atomic mass is 9.97. The highest BCUT2D eigenvalue weighted by Crippen LogP contribution is 2.37. The summed E-state index contributed by atoms with van der Waals surface area (Å²) < 4.78 is 10.7. The van der Waals surface area contributed by atoms with Crippen molar-refractivity contribution in [2.24, 2.45) is 5.10 Å². The van der Waals surface area contributed by atoms with Crippen LogP contribution in [-0.2, 0) is 9.59 Å². The van der Waals surface area contributed by atoms with Crippen molar-refractivity contribution in [3.05, 3.63) is 59.7 Å². The summed E-state index contributed by atoms with van der Waals surface area (Å²) in [5.74, 6) is 1.03. The number of ether oxygens (including phenoxy) is 2. The Balaban J connectivity index is 1.95. The van der Waals surface area contributed by atoms with Crippen molar-refractivity contribution in [1.82, 2.24) is 9.91 Å². The van der Waals surface area contributed by atoms with Crippen LogP contribution in [0.5, 0.6) is 11.5 Å². The lowest BCUT2D eigenvalue weighted by Crippen LogP contribution is -2.38. The number of hydrogen-bond acceptors (Lipinski definition) is 5. The van der Waals surface area contributed by atoms with Crippen LogP contribution in [0.1, 0.15) is 30.5 Å². The van der Waals surface area contributed by atoms with Crippen LogP contribution in [0, 0.1) is 0 Å². The Morgan fingerprint density at radius 3 is 2.41 bits per heavy atom. The highest BCUT2D eigenvalue weighted by atomic mass is 16.5. The molecule has 1 aliphatic heterocycles. The van der Waals surface area contributed by atoms with Gasteiger partial charge in [0.05, 0.1) is 26.0 Å². The molecule has 0 radical (unpaired) electrons. The van der Waals surface area contributed by atoms with Crippen LogP contribution in [-0.4, -0.2) is 55.2 Å². The van der Waals surface area contributed by atoms with Crippen LogP contribution in [0.3, 0.4) is 0 Å². The van der Waals surface area contributed by atoms with Gasteiger partial charge in [-0.2, -0.15) is 5.10 Å². The number of carbonyl (C=O) groups is 2. The third-order valence-electron chi connectivity index (χ3n) is 5.00. The van der Waals surface area contributed by atoms with Crippen molar-refractivity contribution in [2.75, 3.05) is 27.8 Å². The van der Waals surface area contributed by atoms with Crippen molar-refractivity contribution in [2.45, 2.75) is 19.4 Å². The maximum atomic E-state index is 13.0. The monoisotopic (exact) mass is 395 g/mol. The predicted molar refractivity (Wildman–Crippen MR) is 110 cm³/mol. The first-order valence-electron chi connectivity index (χ1n) is 9.33. The molecule has 0 aromatic heterocycles. The van der Waals surface area contributed by atoms with Gasteiger partial charge in [-0.25, -0.2) is 5.01 Å². The van der Waals surface area contributed by atoms with Crippen molar-refractivity contribution < 1.29 is 19.1 Å². The number of amides is 2. The number of rotatable bonds is 6. The number of hydrazone groups is 1. The van der Waals surface area contributed by atoms with E-state index in [4.69, 9.17) is 9.47 Å². The van der Waals surface area contributed by atoms with Crippen molar-refractivity contribution in [1.29, 1.82) is 0 Å². The van der Waals surface area contributed by atoms with E-state index < -0.39 is 0 Å². The summed E-state index contributed by atoms with van der Waals surface area (Å²) in [6.07, 6.45) is 0.544. The fraction of sp³-hybridized carbons (Fsp3) is 0.318. The number of hydrogen-bond donors (Lipinski definition) is 0. The third kappa shape index (κ3) is 4.39. The van der Waals surface area contributed by atoms with Gasteiger partial charge in [-0.15, -0.1) is 0 Å². The lowest BCUT2D eigenvalue weighted by molar-refractivity contribution is -0.139. The zero-order chi connectivity index (χ0) is 21.0. The van der Waals surface area contributed by atoms with Gasteiger partial charge in [0.15, 0.2) is 0 Å². The van der Waals surface area contributed by atoms with E-state index in [1.165, 1.54) is 16.8 Å². The van der Waals surface area contributed by atoms with Crippen LogP contribution in [0.15, 0.2) is 53.6 Å². The number of nitrogens with zero attached hydrogens (tertiary/aromatic N) is 3. The average molecular weight is 395 g/mol. The minimum absolute atomic E-state index is 0.0413. The van der Waals surface area contributed by atoms with Crippen LogP contribution >= 0.6 is 0 Å². The second-order valence-corrected chi connectivity index (χ2v) is 6.85. The van der Waals surface area contributed by atoms with Crippen LogP contribution < -0.4 is 9.47 Å². The number of likely N-dealkylation sites (N-methyl/N-ethyl adjacent to an activating group) is 1. The quantitative estimate of drug-likeness (QED) is 0.754. The average Bonchev–Trinajstić information content (AvgIpc) is 3.19. The summed E-state index contributed by atoms with van der Waals surface area (Å²) in [5, 5.41) is 6.09. The van der Waals surface area contributed by atoms with E-state index in [-0.39, 0.29) is 24.4 Å². The molecule has 2 aromatic carbocycles. The zero-order valence-electron chi connectivity index (χ0n) is 17.1. The SMILES string of the molecule is COc1ccc(C2=NN(C(=O)CN(C)C(C)=O)[C@@H](c3ccccc3OC)C2)cc1. The summed E-state index contributed by atoms with van der Waals surface area (Å²) in [6.45, 7) is 1.39. The van der Waals surface area contributed by atoms with E-state index in [0.717, 1.165) is 22.6 Å². The van der Waals surface area contributed by atoms with Gasteiger partial charge in [0.25, 0.3) is 5.91 Å². The smallest absolute Gasteiger partial charge is 0.262 e. The molecule has 3 rings (SSSR count). The highest BCUT2D eigenvalue weighted by molar-refractivity contribution is 6.03. The fourth-order valence-electron chi connectivity index (χ4n) is 3.27. The molecule has 0 saturated carbocycles. The maximum absolute atomic E-state index is 13.0. The van der Waals surface area contributed by atoms with Gasteiger partial charge in [-0.3, -0.25) is 9.59 Å². The summed E-state index contributed by atoms with van der Waals surface area (Å²) in [4.78, 5) is 25.9. The first-order chi connectivity index (χ1) is 13.9. The summed E-state index contributed by atoms with van der Waals surface area (Å²) >= 11 is 0. The second-order valence-electron chi connectivity index (χ2n) is 6.85. The minimum Gasteiger partial charge on any atom is -0.497 e. The number of para-hydroxylation sites is 1. The van der Waals surface area contributed by atoms with Gasteiger partial charge in [0.1, 0.15) is 18.0 Å². The van der Waals surface area contributed by atoms with Crippen LogP contribution in [0.4, 0.5) is 0 Å². The summed E-state index contributed by atoms with van der Waals surface area (Å²) in [6, 6.07) is 14.9. The molecule has 1 heterocycles. The molecule has 0 bridgehead atoms. The number of benzene rings is 2. The van der Waals surface area contributed by atoms with E-state index in [2.05, 4.69) is 5.10 Å². The molecule has 7 nitrogen and oxygen atoms in total. The molecule has 0 fully saturated rings. The van der Waals surface area contributed by atoms with Gasteiger partial charge in [0.2, 0.25) is 5.91 Å². The van der Waals surface area contributed by atoms with Crippen molar-refractivity contribution in [3.8, 4) is 11.5 Å². The zero-order valence-corrected chi connectivity index (χ0v) is 17.1. The Morgan fingerprint density at radius 2 is 1.79 bits per heavy atom. The van der Waals surface area contributed by atoms with Crippen LogP contribution in [0.25, 0.3) is 0 Å². The van der Waals surface area contributed by atoms with Crippen LogP contribution in [0.2, 0.25) is 0 Å². The first kappa shape index (κ1) is 20.4. The summed E-state index contributed by atoms with van der Waals surface area (Å²) in [5.41, 5.74) is 2.59. The molecule has 0 unspecified atom stereocenters. The molecule has 0 aliphatic carbocycles. The van der Waals surface area contributed by atoms with Gasteiger partial charge in [-0.1, -0.05) is 18.2 Å². The fourth-order valence-corrected chi connectivity index (χ4v) is 3.27. The van der Waals surface area contributed by atoms with Gasteiger partial charge >= 0.3 is 0 Å². The van der Waals surface area contributed by atoms with Gasteiger partial charge < -0.3 is 14.4 Å². The molecule has 2 amide bonds. The molecule has 2 aromatic rings. The van der Waals surface area contributed by atoms with E-state index in [1.807, 2.05) is 48.5 Å². The standard InChI is InChI=1S/C22H25N3O4/c1-15(26)24(2)14-22(27)25-20(18-7-5-6-8-21(18)29-4)13-19(23-25)16-9-11-17(28-3)12-10-16/h5-12,20H,13-14H2,1-4H3/t20-/m1/s1. The van der Waals surface area contributed by atoms with Gasteiger partial charge in [-0.05, 0) is 35.9 Å². The highest BCUT2D eigenvalue weighted by Gasteiger charge is 2.35. The number of methoxy groups -OCH3 is 2. The largest absolute Gasteiger partial charge is 0.497 e.